The highest BCUT2D eigenvalue weighted by molar-refractivity contribution is 5.82. The molecule has 2 nitrogen and oxygen atoms in total. The first-order chi connectivity index (χ1) is 5.41. The average Bonchev–Trinajstić information content (AvgIpc) is 1.92. The number of ketones is 1. The summed E-state index contributed by atoms with van der Waals surface area (Å²) in [7, 11) is 0. The molecule has 2 atom stereocenters. The van der Waals surface area contributed by atoms with Gasteiger partial charge in [-0.25, -0.2) is 0 Å². The number of hydrogen-bond acceptors (Lipinski definition) is 2. The van der Waals surface area contributed by atoms with E-state index in [9.17, 15) is 9.90 Å². The zero-order valence-corrected chi connectivity index (χ0v) is 8.13. The van der Waals surface area contributed by atoms with Gasteiger partial charge in [0.15, 0.2) is 0 Å². The molecule has 1 aliphatic rings. The van der Waals surface area contributed by atoms with Gasteiger partial charge in [0.2, 0.25) is 0 Å². The molecule has 0 radical (unpaired) electrons. The Hall–Kier alpha value is -0.370. The van der Waals surface area contributed by atoms with Crippen LogP contribution >= 0.6 is 0 Å². The van der Waals surface area contributed by atoms with Crippen molar-refractivity contribution in [2.45, 2.75) is 46.1 Å². The average molecular weight is 170 g/mol. The maximum absolute atomic E-state index is 11.5. The lowest BCUT2D eigenvalue weighted by atomic mass is 9.71. The van der Waals surface area contributed by atoms with Crippen LogP contribution in [0.25, 0.3) is 0 Å². The number of Topliss-reactive ketones (excluding diaryl/α,β-unsaturated/α-hetero) is 1. The minimum Gasteiger partial charge on any atom is -0.393 e. The first-order valence-corrected chi connectivity index (χ1v) is 4.62. The summed E-state index contributed by atoms with van der Waals surface area (Å²) in [5.41, 5.74) is 0.0124. The van der Waals surface area contributed by atoms with E-state index in [0.29, 0.717) is 25.0 Å². The van der Waals surface area contributed by atoms with Gasteiger partial charge in [-0.3, -0.25) is 4.79 Å². The predicted molar refractivity (Wildman–Crippen MR) is 47.8 cm³/mol. The fraction of sp³-hybridized carbons (Fsp3) is 0.900. The maximum Gasteiger partial charge on any atom is 0.136 e. The summed E-state index contributed by atoms with van der Waals surface area (Å²) in [5.74, 6) is 0.383. The van der Waals surface area contributed by atoms with Crippen LogP contribution in [0.5, 0.6) is 0 Å². The summed E-state index contributed by atoms with van der Waals surface area (Å²) in [5, 5.41) is 9.41. The minimum absolute atomic E-state index is 0.0124. The molecular weight excluding hydrogens is 152 g/mol. The van der Waals surface area contributed by atoms with Crippen molar-refractivity contribution >= 4 is 5.78 Å². The molecule has 0 aliphatic heterocycles. The molecule has 1 saturated carbocycles. The van der Waals surface area contributed by atoms with Crippen molar-refractivity contribution in [2.24, 2.45) is 11.3 Å². The molecule has 2 heteroatoms. The zero-order chi connectivity index (χ0) is 9.35. The molecule has 0 heterocycles. The van der Waals surface area contributed by atoms with E-state index in [1.54, 1.807) is 0 Å². The monoisotopic (exact) mass is 170 g/mol. The Kier molecular flexibility index (Phi) is 2.57. The first-order valence-electron chi connectivity index (χ1n) is 4.62. The van der Waals surface area contributed by atoms with E-state index in [2.05, 4.69) is 20.8 Å². The number of aliphatic hydroxyl groups excluding tert-OH is 1. The number of rotatable bonds is 0. The number of carbonyl (C=O) groups excluding carboxylic acids is 1. The third-order valence-corrected chi connectivity index (χ3v) is 2.67. The minimum atomic E-state index is -0.257. The van der Waals surface area contributed by atoms with E-state index in [4.69, 9.17) is 0 Å². The largest absolute Gasteiger partial charge is 0.393 e. The molecule has 12 heavy (non-hydrogen) atoms. The van der Waals surface area contributed by atoms with Crippen LogP contribution in [0.4, 0.5) is 0 Å². The van der Waals surface area contributed by atoms with Crippen molar-refractivity contribution < 1.29 is 9.90 Å². The van der Waals surface area contributed by atoms with E-state index >= 15 is 0 Å². The van der Waals surface area contributed by atoms with Crippen molar-refractivity contribution in [1.82, 2.24) is 0 Å². The van der Waals surface area contributed by atoms with Crippen molar-refractivity contribution in [3.8, 4) is 0 Å². The highest BCUT2D eigenvalue weighted by atomic mass is 16.3. The van der Waals surface area contributed by atoms with Gasteiger partial charge in [-0.05, 0) is 18.3 Å². The topological polar surface area (TPSA) is 37.3 Å². The van der Waals surface area contributed by atoms with E-state index in [0.717, 1.165) is 0 Å². The number of hydrogen-bond donors (Lipinski definition) is 1. The molecule has 0 spiro atoms. The van der Waals surface area contributed by atoms with Crippen LogP contribution < -0.4 is 0 Å². The Labute approximate surface area is 74.0 Å². The smallest absolute Gasteiger partial charge is 0.136 e. The second kappa shape index (κ2) is 3.17. The standard InChI is InChI=1S/C10H18O2/c1-10(2,3)8-6-7(11)4-5-9(8)12/h7-8,11H,4-6H2,1-3H3. The van der Waals surface area contributed by atoms with Crippen molar-refractivity contribution in [3.63, 3.8) is 0 Å². The lowest BCUT2D eigenvalue weighted by Crippen LogP contribution is -2.36. The summed E-state index contributed by atoms with van der Waals surface area (Å²) in [6.45, 7) is 6.19. The van der Waals surface area contributed by atoms with Crippen molar-refractivity contribution in [3.05, 3.63) is 0 Å². The quantitative estimate of drug-likeness (QED) is 0.601. The highest BCUT2D eigenvalue weighted by Crippen LogP contribution is 2.35. The summed E-state index contributed by atoms with van der Waals surface area (Å²) in [6, 6.07) is 0. The Morgan fingerprint density at radius 2 is 2.00 bits per heavy atom. The van der Waals surface area contributed by atoms with Crippen LogP contribution in [-0.2, 0) is 4.79 Å². The van der Waals surface area contributed by atoms with Gasteiger partial charge in [0.25, 0.3) is 0 Å². The molecule has 0 aromatic heterocycles. The molecule has 0 aromatic rings. The Morgan fingerprint density at radius 1 is 1.42 bits per heavy atom. The second-order valence-electron chi connectivity index (χ2n) is 4.81. The summed E-state index contributed by atoms with van der Waals surface area (Å²) in [6.07, 6.45) is 1.61. The van der Waals surface area contributed by atoms with Crippen molar-refractivity contribution in [1.29, 1.82) is 0 Å². The summed E-state index contributed by atoms with van der Waals surface area (Å²) >= 11 is 0. The van der Waals surface area contributed by atoms with Crippen LogP contribution in [0, 0.1) is 11.3 Å². The van der Waals surface area contributed by atoms with Gasteiger partial charge in [-0.1, -0.05) is 20.8 Å². The number of carbonyl (C=O) groups is 1. The van der Waals surface area contributed by atoms with Crippen molar-refractivity contribution in [2.75, 3.05) is 0 Å². The van der Waals surface area contributed by atoms with Gasteiger partial charge in [-0.15, -0.1) is 0 Å². The van der Waals surface area contributed by atoms with E-state index < -0.39 is 0 Å². The molecule has 1 N–H and O–H groups in total. The molecule has 1 fully saturated rings. The maximum atomic E-state index is 11.5. The fourth-order valence-corrected chi connectivity index (χ4v) is 1.84. The molecule has 0 amide bonds. The Balaban J connectivity index is 2.68. The Morgan fingerprint density at radius 3 is 2.42 bits per heavy atom. The summed E-state index contributed by atoms with van der Waals surface area (Å²) < 4.78 is 0. The highest BCUT2D eigenvalue weighted by Gasteiger charge is 2.35. The van der Waals surface area contributed by atoms with E-state index in [-0.39, 0.29) is 17.4 Å². The third kappa shape index (κ3) is 2.07. The molecule has 0 bridgehead atoms. The Bertz CT molecular complexity index is 179. The van der Waals surface area contributed by atoms with Gasteiger partial charge in [0, 0.05) is 12.3 Å². The molecule has 0 aromatic carbocycles. The molecule has 0 saturated heterocycles. The summed E-state index contributed by atoms with van der Waals surface area (Å²) in [4.78, 5) is 11.5. The molecule has 1 aliphatic carbocycles. The second-order valence-corrected chi connectivity index (χ2v) is 4.81. The van der Waals surface area contributed by atoms with Gasteiger partial charge in [0.1, 0.15) is 5.78 Å². The first kappa shape index (κ1) is 9.72. The van der Waals surface area contributed by atoms with E-state index in [1.807, 2.05) is 0 Å². The van der Waals surface area contributed by atoms with Gasteiger partial charge in [-0.2, -0.15) is 0 Å². The van der Waals surface area contributed by atoms with Gasteiger partial charge < -0.3 is 5.11 Å². The number of aliphatic hydroxyl groups is 1. The fourth-order valence-electron chi connectivity index (χ4n) is 1.84. The zero-order valence-electron chi connectivity index (χ0n) is 8.13. The molecule has 2 unspecified atom stereocenters. The lowest BCUT2D eigenvalue weighted by Gasteiger charge is -2.34. The normalized spacial score (nSPS) is 32.2. The molecule has 70 valence electrons. The van der Waals surface area contributed by atoms with Crippen LogP contribution in [0.3, 0.4) is 0 Å². The van der Waals surface area contributed by atoms with Crippen LogP contribution in [-0.4, -0.2) is 17.0 Å². The van der Waals surface area contributed by atoms with Crippen LogP contribution in [0.1, 0.15) is 40.0 Å². The van der Waals surface area contributed by atoms with Crippen LogP contribution in [0.2, 0.25) is 0 Å². The lowest BCUT2D eigenvalue weighted by molar-refractivity contribution is -0.131. The predicted octanol–water partition coefficient (Wildman–Crippen LogP) is 1.76. The SMILES string of the molecule is CC(C)(C)C1CC(O)CCC1=O. The van der Waals surface area contributed by atoms with Gasteiger partial charge >= 0.3 is 0 Å². The molecular formula is C10H18O2. The molecule has 1 rings (SSSR count). The van der Waals surface area contributed by atoms with Gasteiger partial charge in [0.05, 0.1) is 6.10 Å². The van der Waals surface area contributed by atoms with Crippen LogP contribution in [0.15, 0.2) is 0 Å². The third-order valence-electron chi connectivity index (χ3n) is 2.67. The van der Waals surface area contributed by atoms with E-state index in [1.165, 1.54) is 0 Å².